The highest BCUT2D eigenvalue weighted by Gasteiger charge is 2.14. The van der Waals surface area contributed by atoms with E-state index in [9.17, 15) is 4.79 Å². The topological polar surface area (TPSA) is 26.3 Å². The standard InChI is InChI=1S/C35H70O2S/c1-4-7-10-13-16-20-25-30-34(38)31-26-21-17-22-27-32-35(36)37-33(28-23-18-14-11-8-5-2)29-24-19-15-12-9-6-3/h33-34,38H,4-32H2,1-3H3. The van der Waals surface area contributed by atoms with E-state index in [-0.39, 0.29) is 12.1 Å². The van der Waals surface area contributed by atoms with Crippen molar-refractivity contribution < 1.29 is 9.53 Å². The first-order valence-electron chi connectivity index (χ1n) is 17.5. The zero-order valence-corrected chi connectivity index (χ0v) is 27.3. The molecule has 0 N–H and O–H groups in total. The number of carbonyl (C=O) groups excluding carboxylic acids is 1. The van der Waals surface area contributed by atoms with Crippen LogP contribution in [0.15, 0.2) is 0 Å². The highest BCUT2D eigenvalue weighted by molar-refractivity contribution is 7.80. The van der Waals surface area contributed by atoms with Crippen LogP contribution < -0.4 is 0 Å². The lowest BCUT2D eigenvalue weighted by molar-refractivity contribution is -0.150. The number of hydrogen-bond donors (Lipinski definition) is 1. The highest BCUT2D eigenvalue weighted by atomic mass is 32.1. The Labute approximate surface area is 246 Å². The predicted octanol–water partition coefficient (Wildman–Crippen LogP) is 12.6. The number of ether oxygens (including phenoxy) is 1. The van der Waals surface area contributed by atoms with E-state index in [0.29, 0.717) is 11.7 Å². The summed E-state index contributed by atoms with van der Waals surface area (Å²) < 4.78 is 5.99. The lowest BCUT2D eigenvalue weighted by atomic mass is 10.0. The summed E-state index contributed by atoms with van der Waals surface area (Å²) in [6.07, 6.45) is 36.7. The average Bonchev–Trinajstić information content (AvgIpc) is 2.91. The Bertz CT molecular complexity index is 451. The Morgan fingerprint density at radius 1 is 0.474 bits per heavy atom. The van der Waals surface area contributed by atoms with Crippen molar-refractivity contribution in [3.8, 4) is 0 Å². The molecule has 0 saturated heterocycles. The highest BCUT2D eigenvalue weighted by Crippen LogP contribution is 2.20. The van der Waals surface area contributed by atoms with Crippen molar-refractivity contribution in [3.05, 3.63) is 0 Å². The second-order valence-electron chi connectivity index (χ2n) is 12.1. The van der Waals surface area contributed by atoms with Gasteiger partial charge in [0.2, 0.25) is 0 Å². The molecule has 0 saturated carbocycles. The lowest BCUT2D eigenvalue weighted by Gasteiger charge is -2.18. The first-order chi connectivity index (χ1) is 18.6. The zero-order valence-electron chi connectivity index (χ0n) is 26.4. The van der Waals surface area contributed by atoms with E-state index in [1.807, 2.05) is 0 Å². The van der Waals surface area contributed by atoms with Gasteiger partial charge in [-0.3, -0.25) is 4.79 Å². The monoisotopic (exact) mass is 555 g/mol. The molecular weight excluding hydrogens is 484 g/mol. The Morgan fingerprint density at radius 3 is 1.18 bits per heavy atom. The van der Waals surface area contributed by atoms with Gasteiger partial charge in [0, 0.05) is 11.7 Å². The van der Waals surface area contributed by atoms with Crippen LogP contribution in [0, 0.1) is 0 Å². The molecule has 0 aliphatic carbocycles. The third kappa shape index (κ3) is 28.8. The molecule has 1 unspecified atom stereocenters. The molecule has 0 aromatic rings. The van der Waals surface area contributed by atoms with Gasteiger partial charge < -0.3 is 4.74 Å². The van der Waals surface area contributed by atoms with Crippen LogP contribution >= 0.6 is 12.6 Å². The number of hydrogen-bond acceptors (Lipinski definition) is 3. The summed E-state index contributed by atoms with van der Waals surface area (Å²) in [7, 11) is 0. The summed E-state index contributed by atoms with van der Waals surface area (Å²) in [5.41, 5.74) is 0. The van der Waals surface area contributed by atoms with Crippen molar-refractivity contribution in [2.24, 2.45) is 0 Å². The molecule has 38 heavy (non-hydrogen) atoms. The Morgan fingerprint density at radius 2 is 0.789 bits per heavy atom. The minimum atomic E-state index is 0.0529. The molecule has 0 fully saturated rings. The van der Waals surface area contributed by atoms with Gasteiger partial charge in [-0.05, 0) is 44.9 Å². The van der Waals surface area contributed by atoms with Gasteiger partial charge in [0.15, 0.2) is 0 Å². The van der Waals surface area contributed by atoms with E-state index >= 15 is 0 Å². The maximum absolute atomic E-state index is 12.5. The first-order valence-corrected chi connectivity index (χ1v) is 18.0. The van der Waals surface area contributed by atoms with Gasteiger partial charge in [-0.2, -0.15) is 12.6 Å². The summed E-state index contributed by atoms with van der Waals surface area (Å²) in [6.45, 7) is 6.82. The zero-order chi connectivity index (χ0) is 27.9. The summed E-state index contributed by atoms with van der Waals surface area (Å²) in [5.74, 6) is 0.0529. The molecule has 0 rings (SSSR count). The number of rotatable bonds is 31. The van der Waals surface area contributed by atoms with Gasteiger partial charge in [-0.25, -0.2) is 0 Å². The van der Waals surface area contributed by atoms with Crippen molar-refractivity contribution in [3.63, 3.8) is 0 Å². The summed E-state index contributed by atoms with van der Waals surface area (Å²) >= 11 is 4.82. The molecule has 0 spiro atoms. The molecule has 0 radical (unpaired) electrons. The molecule has 0 aliphatic rings. The van der Waals surface area contributed by atoms with E-state index in [4.69, 9.17) is 17.4 Å². The minimum Gasteiger partial charge on any atom is -0.462 e. The van der Waals surface area contributed by atoms with E-state index < -0.39 is 0 Å². The van der Waals surface area contributed by atoms with E-state index in [1.165, 1.54) is 154 Å². The van der Waals surface area contributed by atoms with Gasteiger partial charge >= 0.3 is 5.97 Å². The second-order valence-corrected chi connectivity index (χ2v) is 12.8. The van der Waals surface area contributed by atoms with Crippen molar-refractivity contribution in [1.82, 2.24) is 0 Å². The van der Waals surface area contributed by atoms with Crippen molar-refractivity contribution in [2.75, 3.05) is 0 Å². The normalized spacial score (nSPS) is 12.3. The number of unbranched alkanes of at least 4 members (excludes halogenated alkanes) is 20. The lowest BCUT2D eigenvalue weighted by Crippen LogP contribution is -2.18. The van der Waals surface area contributed by atoms with Gasteiger partial charge in [0.1, 0.15) is 6.10 Å². The van der Waals surface area contributed by atoms with Crippen LogP contribution in [0.2, 0.25) is 0 Å². The van der Waals surface area contributed by atoms with Gasteiger partial charge in [0.25, 0.3) is 0 Å². The quantitative estimate of drug-likeness (QED) is 0.0524. The molecule has 0 amide bonds. The number of carbonyl (C=O) groups is 1. The third-order valence-corrected chi connectivity index (χ3v) is 8.63. The Hall–Kier alpha value is -0.180. The molecule has 0 aromatic carbocycles. The van der Waals surface area contributed by atoms with Crippen LogP contribution in [0.5, 0.6) is 0 Å². The fourth-order valence-corrected chi connectivity index (χ4v) is 5.84. The smallest absolute Gasteiger partial charge is 0.306 e. The van der Waals surface area contributed by atoms with Gasteiger partial charge in [0.05, 0.1) is 0 Å². The van der Waals surface area contributed by atoms with Crippen molar-refractivity contribution >= 4 is 18.6 Å². The van der Waals surface area contributed by atoms with E-state index in [1.54, 1.807) is 0 Å². The molecule has 0 aromatic heterocycles. The predicted molar refractivity (Wildman–Crippen MR) is 174 cm³/mol. The molecule has 0 aliphatic heterocycles. The molecule has 1 atom stereocenters. The van der Waals surface area contributed by atoms with Gasteiger partial charge in [-0.15, -0.1) is 0 Å². The summed E-state index contributed by atoms with van der Waals surface area (Å²) in [4.78, 5) is 12.5. The largest absolute Gasteiger partial charge is 0.462 e. The van der Waals surface area contributed by atoms with E-state index in [0.717, 1.165) is 25.7 Å². The van der Waals surface area contributed by atoms with Crippen LogP contribution in [0.3, 0.4) is 0 Å². The molecular formula is C35H70O2S. The van der Waals surface area contributed by atoms with Crippen LogP contribution in [0.4, 0.5) is 0 Å². The van der Waals surface area contributed by atoms with Gasteiger partial charge in [-0.1, -0.05) is 156 Å². The summed E-state index contributed by atoms with van der Waals surface area (Å²) in [5, 5.41) is 0.579. The van der Waals surface area contributed by atoms with Crippen LogP contribution in [-0.2, 0) is 9.53 Å². The molecule has 228 valence electrons. The Balaban J connectivity index is 3.87. The first kappa shape index (κ1) is 37.8. The van der Waals surface area contributed by atoms with Crippen LogP contribution in [0.25, 0.3) is 0 Å². The molecule has 0 bridgehead atoms. The molecule has 3 heteroatoms. The minimum absolute atomic E-state index is 0.0529. The number of thiol groups is 1. The maximum atomic E-state index is 12.5. The second kappa shape index (κ2) is 31.3. The fraction of sp³-hybridized carbons (Fsp3) is 0.971. The molecule has 0 heterocycles. The summed E-state index contributed by atoms with van der Waals surface area (Å²) in [6, 6.07) is 0. The maximum Gasteiger partial charge on any atom is 0.306 e. The SMILES string of the molecule is CCCCCCCCCC(S)CCCCCCCC(=O)OC(CCCCCCCC)CCCCCCCC. The van der Waals surface area contributed by atoms with E-state index in [2.05, 4.69) is 20.8 Å². The Kier molecular flexibility index (Phi) is 31.2. The fourth-order valence-electron chi connectivity index (χ4n) is 5.47. The average molecular weight is 555 g/mol. The third-order valence-electron chi connectivity index (χ3n) is 8.12. The van der Waals surface area contributed by atoms with Crippen LogP contribution in [0.1, 0.15) is 207 Å². The van der Waals surface area contributed by atoms with Crippen LogP contribution in [-0.4, -0.2) is 17.3 Å². The molecule has 2 nitrogen and oxygen atoms in total. The van der Waals surface area contributed by atoms with Crippen molar-refractivity contribution in [2.45, 2.75) is 218 Å². The number of esters is 1. The van der Waals surface area contributed by atoms with Crippen molar-refractivity contribution in [1.29, 1.82) is 0 Å².